The van der Waals surface area contributed by atoms with Gasteiger partial charge >= 0.3 is 0 Å². The van der Waals surface area contributed by atoms with E-state index in [1.807, 2.05) is 12.4 Å². The molecule has 2 unspecified atom stereocenters. The normalized spacial score (nSPS) is 26.4. The first-order chi connectivity index (χ1) is 9.36. The highest BCUT2D eigenvalue weighted by Crippen LogP contribution is 2.33. The smallest absolute Gasteiger partial charge is 0.0271 e. The molecule has 0 amide bonds. The third-order valence-electron chi connectivity index (χ3n) is 4.63. The summed E-state index contributed by atoms with van der Waals surface area (Å²) in [5.74, 6) is 0.863. The van der Waals surface area contributed by atoms with Crippen LogP contribution in [0, 0.1) is 5.92 Å². The van der Waals surface area contributed by atoms with Crippen LogP contribution in [-0.2, 0) is 6.54 Å². The molecule has 3 rings (SSSR count). The molecule has 2 fully saturated rings. The monoisotopic (exact) mass is 259 g/mol. The van der Waals surface area contributed by atoms with Crippen LogP contribution in [0.2, 0.25) is 0 Å². The summed E-state index contributed by atoms with van der Waals surface area (Å²) in [6.45, 7) is 5.73. The minimum Gasteiger partial charge on any atom is -0.314 e. The van der Waals surface area contributed by atoms with Gasteiger partial charge in [0.15, 0.2) is 0 Å². The molecule has 3 nitrogen and oxygen atoms in total. The molecular weight excluding hydrogens is 234 g/mol. The Morgan fingerprint density at radius 3 is 2.58 bits per heavy atom. The average molecular weight is 259 g/mol. The lowest BCUT2D eigenvalue weighted by molar-refractivity contribution is 0.0596. The molecule has 2 aliphatic carbocycles. The van der Waals surface area contributed by atoms with E-state index in [2.05, 4.69) is 34.3 Å². The Morgan fingerprint density at radius 2 is 2.00 bits per heavy atom. The van der Waals surface area contributed by atoms with E-state index in [-0.39, 0.29) is 0 Å². The van der Waals surface area contributed by atoms with Gasteiger partial charge in [0.2, 0.25) is 0 Å². The van der Waals surface area contributed by atoms with Gasteiger partial charge in [0.1, 0.15) is 0 Å². The van der Waals surface area contributed by atoms with E-state index in [0.29, 0.717) is 0 Å². The largest absolute Gasteiger partial charge is 0.314 e. The average Bonchev–Trinajstić information content (AvgIpc) is 3.22. The van der Waals surface area contributed by atoms with Crippen LogP contribution in [0.3, 0.4) is 0 Å². The van der Waals surface area contributed by atoms with Gasteiger partial charge in [-0.15, -0.1) is 0 Å². The van der Waals surface area contributed by atoms with Crippen LogP contribution in [0.4, 0.5) is 0 Å². The summed E-state index contributed by atoms with van der Waals surface area (Å²) in [4.78, 5) is 6.74. The van der Waals surface area contributed by atoms with Gasteiger partial charge in [0, 0.05) is 31.0 Å². The molecule has 0 radical (unpaired) electrons. The molecule has 1 aromatic rings. The Labute approximate surface area is 116 Å². The Morgan fingerprint density at radius 1 is 1.21 bits per heavy atom. The zero-order valence-electron chi connectivity index (χ0n) is 11.9. The fraction of sp³-hybridized carbons (Fsp3) is 0.688. The third kappa shape index (κ3) is 3.34. The van der Waals surface area contributed by atoms with E-state index < -0.39 is 0 Å². The third-order valence-corrected chi connectivity index (χ3v) is 4.63. The highest BCUT2D eigenvalue weighted by Gasteiger charge is 2.35. The summed E-state index contributed by atoms with van der Waals surface area (Å²) < 4.78 is 0. The fourth-order valence-electron chi connectivity index (χ4n) is 3.06. The molecule has 0 spiro atoms. The molecule has 104 valence electrons. The first-order valence-corrected chi connectivity index (χ1v) is 7.73. The lowest BCUT2D eigenvalue weighted by Crippen LogP contribution is -2.50. The van der Waals surface area contributed by atoms with Crippen molar-refractivity contribution in [2.75, 3.05) is 13.1 Å². The summed E-state index contributed by atoms with van der Waals surface area (Å²) in [5.41, 5.74) is 1.39. The first-order valence-electron chi connectivity index (χ1n) is 7.73. The van der Waals surface area contributed by atoms with E-state index in [1.54, 1.807) is 0 Å². The van der Waals surface area contributed by atoms with E-state index in [4.69, 9.17) is 0 Å². The zero-order chi connectivity index (χ0) is 13.1. The van der Waals surface area contributed by atoms with Gasteiger partial charge < -0.3 is 5.32 Å². The van der Waals surface area contributed by atoms with Crippen molar-refractivity contribution in [2.45, 2.75) is 51.2 Å². The lowest BCUT2D eigenvalue weighted by atomic mass is 9.78. The molecule has 2 saturated carbocycles. The maximum Gasteiger partial charge on any atom is 0.0271 e. The topological polar surface area (TPSA) is 28.2 Å². The molecule has 2 aliphatic rings. The van der Waals surface area contributed by atoms with Crippen molar-refractivity contribution in [3.05, 3.63) is 30.1 Å². The van der Waals surface area contributed by atoms with Gasteiger partial charge in [-0.05, 0) is 62.4 Å². The van der Waals surface area contributed by atoms with Crippen LogP contribution >= 0.6 is 0 Å². The number of pyridine rings is 1. The van der Waals surface area contributed by atoms with Crippen molar-refractivity contribution >= 4 is 0 Å². The highest BCUT2D eigenvalue weighted by molar-refractivity contribution is 5.10. The first kappa shape index (κ1) is 13.1. The van der Waals surface area contributed by atoms with Crippen LogP contribution in [0.1, 0.15) is 38.2 Å². The molecule has 19 heavy (non-hydrogen) atoms. The number of hydrogen-bond acceptors (Lipinski definition) is 3. The maximum atomic E-state index is 4.10. The second kappa shape index (κ2) is 6.02. The second-order valence-corrected chi connectivity index (χ2v) is 6.01. The fourth-order valence-corrected chi connectivity index (χ4v) is 3.06. The highest BCUT2D eigenvalue weighted by atomic mass is 15.2. The predicted octanol–water partition coefficient (Wildman–Crippen LogP) is 2.43. The minimum atomic E-state index is 0.782. The molecule has 0 aromatic carbocycles. The van der Waals surface area contributed by atoms with E-state index in [1.165, 1.54) is 37.8 Å². The van der Waals surface area contributed by atoms with E-state index >= 15 is 0 Å². The van der Waals surface area contributed by atoms with Crippen LogP contribution in [0.15, 0.2) is 24.5 Å². The van der Waals surface area contributed by atoms with Gasteiger partial charge in [0.05, 0.1) is 0 Å². The van der Waals surface area contributed by atoms with Crippen molar-refractivity contribution in [3.63, 3.8) is 0 Å². The standard InChI is InChI=1S/C16H25N3/c1-2-19(12-13-7-9-17-10-8-13)16-6-3-14(16)11-18-15-4-5-15/h7-10,14-16,18H,2-6,11-12H2,1H3. The Kier molecular flexibility index (Phi) is 4.14. The van der Waals surface area contributed by atoms with Crippen molar-refractivity contribution in [1.29, 1.82) is 0 Å². The minimum absolute atomic E-state index is 0.782. The maximum absolute atomic E-state index is 4.10. The molecular formula is C16H25N3. The molecule has 1 heterocycles. The number of nitrogens with one attached hydrogen (secondary N) is 1. The lowest BCUT2D eigenvalue weighted by Gasteiger charge is -2.44. The summed E-state index contributed by atoms with van der Waals surface area (Å²) >= 11 is 0. The van der Waals surface area contributed by atoms with Crippen molar-refractivity contribution in [1.82, 2.24) is 15.2 Å². The van der Waals surface area contributed by atoms with Gasteiger partial charge in [0.25, 0.3) is 0 Å². The molecule has 0 saturated heterocycles. The van der Waals surface area contributed by atoms with Crippen LogP contribution in [-0.4, -0.2) is 35.1 Å². The summed E-state index contributed by atoms with van der Waals surface area (Å²) in [7, 11) is 0. The molecule has 2 atom stereocenters. The second-order valence-electron chi connectivity index (χ2n) is 6.01. The van der Waals surface area contributed by atoms with E-state index in [0.717, 1.165) is 31.1 Å². The zero-order valence-corrected chi connectivity index (χ0v) is 11.9. The van der Waals surface area contributed by atoms with Gasteiger partial charge in [-0.1, -0.05) is 6.92 Å². The van der Waals surface area contributed by atoms with Gasteiger partial charge in [-0.25, -0.2) is 0 Å². The predicted molar refractivity (Wildman–Crippen MR) is 77.9 cm³/mol. The SMILES string of the molecule is CCN(Cc1ccncc1)C1CCC1CNC1CC1. The van der Waals surface area contributed by atoms with Crippen molar-refractivity contribution in [2.24, 2.45) is 5.92 Å². The Hall–Kier alpha value is -0.930. The Balaban J connectivity index is 1.52. The van der Waals surface area contributed by atoms with Crippen LogP contribution in [0.25, 0.3) is 0 Å². The molecule has 1 N–H and O–H groups in total. The number of hydrogen-bond donors (Lipinski definition) is 1. The summed E-state index contributed by atoms with van der Waals surface area (Å²) in [6, 6.07) is 5.90. The summed E-state index contributed by atoms with van der Waals surface area (Å²) in [5, 5.41) is 3.69. The van der Waals surface area contributed by atoms with Gasteiger partial charge in [-0.3, -0.25) is 9.88 Å². The van der Waals surface area contributed by atoms with Crippen molar-refractivity contribution < 1.29 is 0 Å². The number of aromatic nitrogens is 1. The molecule has 0 bridgehead atoms. The van der Waals surface area contributed by atoms with Crippen molar-refractivity contribution in [3.8, 4) is 0 Å². The van der Waals surface area contributed by atoms with Crippen LogP contribution < -0.4 is 5.32 Å². The molecule has 3 heteroatoms. The molecule has 1 aromatic heterocycles. The summed E-state index contributed by atoms with van der Waals surface area (Å²) in [6.07, 6.45) is 9.36. The number of rotatable bonds is 7. The molecule has 0 aliphatic heterocycles. The Bertz CT molecular complexity index is 388. The number of nitrogens with zero attached hydrogens (tertiary/aromatic N) is 2. The quantitative estimate of drug-likeness (QED) is 0.815. The van der Waals surface area contributed by atoms with Gasteiger partial charge in [-0.2, -0.15) is 0 Å². The van der Waals surface area contributed by atoms with Crippen LogP contribution in [0.5, 0.6) is 0 Å². The van der Waals surface area contributed by atoms with E-state index in [9.17, 15) is 0 Å².